The van der Waals surface area contributed by atoms with Gasteiger partial charge < -0.3 is 9.47 Å². The van der Waals surface area contributed by atoms with E-state index in [1.54, 1.807) is 6.07 Å². The summed E-state index contributed by atoms with van der Waals surface area (Å²) in [6.07, 6.45) is 15.1. The summed E-state index contributed by atoms with van der Waals surface area (Å²) < 4.78 is 11.4. The Morgan fingerprint density at radius 2 is 1.03 bits per heavy atom. The first-order valence-electron chi connectivity index (χ1n) is 13.5. The molecule has 4 heteroatoms. The second-order valence-corrected chi connectivity index (χ2v) is 9.44. The van der Waals surface area contributed by atoms with Crippen LogP contribution in [0, 0.1) is 18.8 Å². The monoisotopic (exact) mass is 460 g/mol. The number of esters is 2. The summed E-state index contributed by atoms with van der Waals surface area (Å²) >= 11 is 0. The lowest BCUT2D eigenvalue weighted by Crippen LogP contribution is -2.21. The largest absolute Gasteiger partial charge is 0.426 e. The van der Waals surface area contributed by atoms with E-state index < -0.39 is 0 Å². The number of carbonyl (C=O) groups is 2. The molecule has 0 fully saturated rings. The molecule has 0 heterocycles. The van der Waals surface area contributed by atoms with Crippen molar-refractivity contribution in [2.24, 2.45) is 11.8 Å². The molecular formula is C29H48O4. The van der Waals surface area contributed by atoms with Crippen LogP contribution in [0.3, 0.4) is 0 Å². The predicted octanol–water partition coefficient (Wildman–Crippen LogP) is 8.58. The molecule has 188 valence electrons. The molecular weight excluding hydrogens is 412 g/mol. The lowest BCUT2D eigenvalue weighted by atomic mass is 9.98. The lowest BCUT2D eigenvalue weighted by Gasteiger charge is -2.16. The SMILES string of the molecule is CCCCCCCC(CC)C(=O)Oc1cc(C)cc(OC(=O)C(CC)CCCCCCC)c1. The molecule has 0 amide bonds. The minimum Gasteiger partial charge on any atom is -0.426 e. The highest BCUT2D eigenvalue weighted by Crippen LogP contribution is 2.26. The third-order valence-corrected chi connectivity index (χ3v) is 6.43. The third kappa shape index (κ3) is 12.3. The first kappa shape index (κ1) is 29.2. The van der Waals surface area contributed by atoms with Gasteiger partial charge in [-0.3, -0.25) is 9.59 Å². The summed E-state index contributed by atoms with van der Waals surface area (Å²) in [4.78, 5) is 25.5. The first-order valence-corrected chi connectivity index (χ1v) is 13.5. The van der Waals surface area contributed by atoms with Gasteiger partial charge in [-0.1, -0.05) is 91.9 Å². The molecule has 0 aliphatic rings. The summed E-state index contributed by atoms with van der Waals surface area (Å²) in [6, 6.07) is 5.33. The average Bonchev–Trinajstić information content (AvgIpc) is 2.78. The van der Waals surface area contributed by atoms with Gasteiger partial charge in [0.15, 0.2) is 0 Å². The van der Waals surface area contributed by atoms with Gasteiger partial charge in [0.25, 0.3) is 0 Å². The van der Waals surface area contributed by atoms with Crippen molar-refractivity contribution in [1.29, 1.82) is 0 Å². The van der Waals surface area contributed by atoms with Crippen molar-refractivity contribution in [2.75, 3.05) is 0 Å². The van der Waals surface area contributed by atoms with Gasteiger partial charge in [0.05, 0.1) is 11.8 Å². The summed E-state index contributed by atoms with van der Waals surface area (Å²) in [6.45, 7) is 10.4. The smallest absolute Gasteiger partial charge is 0.314 e. The van der Waals surface area contributed by atoms with Crippen LogP contribution in [0.5, 0.6) is 11.5 Å². The van der Waals surface area contributed by atoms with E-state index in [2.05, 4.69) is 13.8 Å². The van der Waals surface area contributed by atoms with Crippen LogP contribution >= 0.6 is 0 Å². The van der Waals surface area contributed by atoms with Gasteiger partial charge in [-0.15, -0.1) is 0 Å². The molecule has 0 aliphatic heterocycles. The van der Waals surface area contributed by atoms with Crippen LogP contribution in [-0.2, 0) is 9.59 Å². The van der Waals surface area contributed by atoms with E-state index in [4.69, 9.17) is 9.47 Å². The maximum absolute atomic E-state index is 12.7. The lowest BCUT2D eigenvalue weighted by molar-refractivity contribution is -0.139. The zero-order chi connectivity index (χ0) is 24.5. The zero-order valence-corrected chi connectivity index (χ0v) is 21.9. The molecule has 0 aromatic heterocycles. The van der Waals surface area contributed by atoms with Crippen molar-refractivity contribution in [3.8, 4) is 11.5 Å². The van der Waals surface area contributed by atoms with E-state index in [-0.39, 0.29) is 23.8 Å². The summed E-state index contributed by atoms with van der Waals surface area (Å²) in [5.74, 6) is 0.370. The molecule has 0 radical (unpaired) electrons. The van der Waals surface area contributed by atoms with E-state index in [1.807, 2.05) is 32.9 Å². The highest BCUT2D eigenvalue weighted by molar-refractivity contribution is 5.76. The van der Waals surface area contributed by atoms with Gasteiger partial charge in [0.1, 0.15) is 11.5 Å². The van der Waals surface area contributed by atoms with Crippen molar-refractivity contribution in [3.05, 3.63) is 23.8 Å². The Labute approximate surface area is 202 Å². The fourth-order valence-electron chi connectivity index (χ4n) is 4.20. The number of unbranched alkanes of at least 4 members (excludes halogenated alkanes) is 8. The highest BCUT2D eigenvalue weighted by Gasteiger charge is 2.21. The van der Waals surface area contributed by atoms with E-state index in [1.165, 1.54) is 51.4 Å². The van der Waals surface area contributed by atoms with Crippen LogP contribution in [0.1, 0.15) is 123 Å². The van der Waals surface area contributed by atoms with Crippen LogP contribution in [0.15, 0.2) is 18.2 Å². The highest BCUT2D eigenvalue weighted by atomic mass is 16.5. The molecule has 4 nitrogen and oxygen atoms in total. The molecule has 0 aliphatic carbocycles. The standard InChI is InChI=1S/C29H48O4/c1-6-10-12-14-16-18-24(8-3)28(30)32-26-20-23(5)21-27(22-26)33-29(31)25(9-4)19-17-15-13-11-7-2/h20-22,24-25H,6-19H2,1-5H3. The molecule has 1 rings (SSSR count). The number of rotatable bonds is 18. The number of ether oxygens (including phenoxy) is 2. The molecule has 0 bridgehead atoms. The maximum atomic E-state index is 12.7. The number of hydrogen-bond donors (Lipinski definition) is 0. The number of aryl methyl sites for hydroxylation is 1. The maximum Gasteiger partial charge on any atom is 0.314 e. The summed E-state index contributed by atoms with van der Waals surface area (Å²) in [7, 11) is 0. The molecule has 2 atom stereocenters. The molecule has 0 saturated heterocycles. The molecule has 1 aromatic rings. The van der Waals surface area contributed by atoms with Crippen molar-refractivity contribution in [3.63, 3.8) is 0 Å². The number of carbonyl (C=O) groups excluding carboxylic acids is 2. The van der Waals surface area contributed by atoms with Gasteiger partial charge in [0, 0.05) is 6.07 Å². The summed E-state index contributed by atoms with van der Waals surface area (Å²) in [5.41, 5.74) is 0.906. The molecule has 0 spiro atoms. The van der Waals surface area contributed by atoms with Crippen LogP contribution in [-0.4, -0.2) is 11.9 Å². The number of benzene rings is 1. The molecule has 0 saturated carbocycles. The second kappa shape index (κ2) is 17.6. The minimum atomic E-state index is -0.186. The first-order chi connectivity index (χ1) is 15.9. The van der Waals surface area contributed by atoms with Crippen LogP contribution < -0.4 is 9.47 Å². The Kier molecular flexibility index (Phi) is 15.6. The van der Waals surface area contributed by atoms with Crippen LogP contribution in [0.4, 0.5) is 0 Å². The third-order valence-electron chi connectivity index (χ3n) is 6.43. The second-order valence-electron chi connectivity index (χ2n) is 9.44. The van der Waals surface area contributed by atoms with Gasteiger partial charge in [0.2, 0.25) is 0 Å². The Bertz CT molecular complexity index is 628. The fourth-order valence-corrected chi connectivity index (χ4v) is 4.20. The van der Waals surface area contributed by atoms with E-state index in [9.17, 15) is 9.59 Å². The van der Waals surface area contributed by atoms with Crippen LogP contribution in [0.25, 0.3) is 0 Å². The molecule has 2 unspecified atom stereocenters. The Morgan fingerprint density at radius 1 is 0.636 bits per heavy atom. The van der Waals surface area contributed by atoms with E-state index in [0.29, 0.717) is 11.5 Å². The average molecular weight is 461 g/mol. The molecule has 0 N–H and O–H groups in total. The van der Waals surface area contributed by atoms with Crippen molar-refractivity contribution in [1.82, 2.24) is 0 Å². The van der Waals surface area contributed by atoms with Crippen molar-refractivity contribution < 1.29 is 19.1 Å². The molecule has 1 aromatic carbocycles. The quantitative estimate of drug-likeness (QED) is 0.125. The van der Waals surface area contributed by atoms with Crippen molar-refractivity contribution >= 4 is 11.9 Å². The van der Waals surface area contributed by atoms with Crippen molar-refractivity contribution in [2.45, 2.75) is 125 Å². The van der Waals surface area contributed by atoms with Crippen LogP contribution in [0.2, 0.25) is 0 Å². The predicted molar refractivity (Wildman–Crippen MR) is 137 cm³/mol. The number of hydrogen-bond acceptors (Lipinski definition) is 4. The van der Waals surface area contributed by atoms with Gasteiger partial charge in [-0.25, -0.2) is 0 Å². The Morgan fingerprint density at radius 3 is 1.39 bits per heavy atom. The van der Waals surface area contributed by atoms with E-state index >= 15 is 0 Å². The Hall–Kier alpha value is -1.84. The van der Waals surface area contributed by atoms with Gasteiger partial charge >= 0.3 is 11.9 Å². The molecule has 33 heavy (non-hydrogen) atoms. The minimum absolute atomic E-state index is 0.0877. The fraction of sp³-hybridized carbons (Fsp3) is 0.724. The topological polar surface area (TPSA) is 52.6 Å². The normalized spacial score (nSPS) is 12.9. The van der Waals surface area contributed by atoms with Gasteiger partial charge in [-0.05, 0) is 50.3 Å². The summed E-state index contributed by atoms with van der Waals surface area (Å²) in [5, 5.41) is 0. The Balaban J connectivity index is 2.64. The zero-order valence-electron chi connectivity index (χ0n) is 21.9. The van der Waals surface area contributed by atoms with Gasteiger partial charge in [-0.2, -0.15) is 0 Å². The van der Waals surface area contributed by atoms with E-state index in [0.717, 1.165) is 44.1 Å².